The maximum Gasteiger partial charge on any atom is 0.291 e. The van der Waals surface area contributed by atoms with E-state index in [1.54, 1.807) is 16.8 Å². The van der Waals surface area contributed by atoms with E-state index in [1.807, 2.05) is 63.4 Å². The summed E-state index contributed by atoms with van der Waals surface area (Å²) in [6, 6.07) is 17.4. The van der Waals surface area contributed by atoms with E-state index in [0.717, 1.165) is 27.9 Å². The quantitative estimate of drug-likeness (QED) is 0.553. The molecule has 142 valence electrons. The SMILES string of the molecule is Cc1nn(C)c(C)c1NC(=O)c1ccc(COc2cccc3ccccc23)o1. The third-order valence-corrected chi connectivity index (χ3v) is 4.75. The van der Waals surface area contributed by atoms with E-state index in [2.05, 4.69) is 10.4 Å². The third kappa shape index (κ3) is 3.36. The summed E-state index contributed by atoms with van der Waals surface area (Å²) < 4.78 is 13.3. The molecule has 0 saturated heterocycles. The van der Waals surface area contributed by atoms with Crippen molar-refractivity contribution >= 4 is 22.4 Å². The van der Waals surface area contributed by atoms with Crippen molar-refractivity contribution in [1.29, 1.82) is 0 Å². The minimum atomic E-state index is -0.310. The summed E-state index contributed by atoms with van der Waals surface area (Å²) >= 11 is 0. The molecule has 0 radical (unpaired) electrons. The van der Waals surface area contributed by atoms with Gasteiger partial charge in [-0.1, -0.05) is 36.4 Å². The smallest absolute Gasteiger partial charge is 0.291 e. The molecule has 2 aromatic carbocycles. The summed E-state index contributed by atoms with van der Waals surface area (Å²) in [4.78, 5) is 12.5. The van der Waals surface area contributed by atoms with Gasteiger partial charge in [0.2, 0.25) is 0 Å². The summed E-state index contributed by atoms with van der Waals surface area (Å²) in [6.45, 7) is 4.00. The Kier molecular flexibility index (Phi) is 4.61. The van der Waals surface area contributed by atoms with Crippen LogP contribution >= 0.6 is 0 Å². The number of rotatable bonds is 5. The maximum absolute atomic E-state index is 12.5. The van der Waals surface area contributed by atoms with Crippen LogP contribution in [0.25, 0.3) is 10.8 Å². The van der Waals surface area contributed by atoms with Gasteiger partial charge in [0.15, 0.2) is 5.76 Å². The highest BCUT2D eigenvalue weighted by molar-refractivity contribution is 6.03. The van der Waals surface area contributed by atoms with Crippen LogP contribution in [-0.4, -0.2) is 15.7 Å². The van der Waals surface area contributed by atoms with Gasteiger partial charge in [-0.25, -0.2) is 0 Å². The summed E-state index contributed by atoms with van der Waals surface area (Å²) in [5.41, 5.74) is 2.36. The molecule has 0 bridgehead atoms. The van der Waals surface area contributed by atoms with Gasteiger partial charge >= 0.3 is 0 Å². The molecule has 28 heavy (non-hydrogen) atoms. The zero-order chi connectivity index (χ0) is 19.7. The van der Waals surface area contributed by atoms with Crippen molar-refractivity contribution in [1.82, 2.24) is 9.78 Å². The molecule has 0 atom stereocenters. The Bertz CT molecular complexity index is 1150. The lowest BCUT2D eigenvalue weighted by molar-refractivity contribution is 0.0992. The van der Waals surface area contributed by atoms with Crippen LogP contribution in [0.3, 0.4) is 0 Å². The van der Waals surface area contributed by atoms with Crippen molar-refractivity contribution < 1.29 is 13.9 Å². The van der Waals surface area contributed by atoms with E-state index in [0.29, 0.717) is 11.4 Å². The predicted octanol–water partition coefficient (Wildman–Crippen LogP) is 4.61. The molecule has 0 fully saturated rings. The lowest BCUT2D eigenvalue weighted by Crippen LogP contribution is -2.12. The number of anilines is 1. The van der Waals surface area contributed by atoms with Crippen molar-refractivity contribution in [2.45, 2.75) is 20.5 Å². The molecule has 6 heteroatoms. The maximum atomic E-state index is 12.5. The Morgan fingerprint density at radius 1 is 1.11 bits per heavy atom. The van der Waals surface area contributed by atoms with E-state index in [-0.39, 0.29) is 18.3 Å². The topological polar surface area (TPSA) is 69.3 Å². The molecule has 2 heterocycles. The number of fused-ring (bicyclic) bond motifs is 1. The fourth-order valence-electron chi connectivity index (χ4n) is 3.18. The Morgan fingerprint density at radius 2 is 1.89 bits per heavy atom. The van der Waals surface area contributed by atoms with Gasteiger partial charge in [-0.3, -0.25) is 9.48 Å². The molecule has 0 spiro atoms. The zero-order valence-electron chi connectivity index (χ0n) is 16.0. The molecule has 1 amide bonds. The van der Waals surface area contributed by atoms with Crippen LogP contribution in [0, 0.1) is 13.8 Å². The third-order valence-electron chi connectivity index (χ3n) is 4.75. The lowest BCUT2D eigenvalue weighted by atomic mass is 10.1. The summed E-state index contributed by atoms with van der Waals surface area (Å²) in [7, 11) is 1.84. The number of furan rings is 1. The Labute approximate surface area is 162 Å². The van der Waals surface area contributed by atoms with Gasteiger partial charge in [-0.05, 0) is 37.4 Å². The van der Waals surface area contributed by atoms with Crippen LogP contribution in [0.5, 0.6) is 5.75 Å². The lowest BCUT2D eigenvalue weighted by Gasteiger charge is -2.08. The Hall–Kier alpha value is -3.54. The number of aromatic nitrogens is 2. The van der Waals surface area contributed by atoms with E-state index in [1.165, 1.54) is 0 Å². The summed E-state index contributed by atoms with van der Waals surface area (Å²) in [6.07, 6.45) is 0. The van der Waals surface area contributed by atoms with Crippen molar-refractivity contribution in [3.63, 3.8) is 0 Å². The molecule has 1 N–H and O–H groups in total. The number of carbonyl (C=O) groups is 1. The number of nitrogens with one attached hydrogen (secondary N) is 1. The zero-order valence-corrected chi connectivity index (χ0v) is 16.0. The van der Waals surface area contributed by atoms with Crippen LogP contribution in [-0.2, 0) is 13.7 Å². The highest BCUT2D eigenvalue weighted by atomic mass is 16.5. The predicted molar refractivity (Wildman–Crippen MR) is 108 cm³/mol. The second-order valence-electron chi connectivity index (χ2n) is 6.66. The molecule has 4 rings (SSSR count). The summed E-state index contributed by atoms with van der Waals surface area (Å²) in [5, 5.41) is 9.32. The number of ether oxygens (including phenoxy) is 1. The van der Waals surface area contributed by atoms with Gasteiger partial charge in [-0.2, -0.15) is 5.10 Å². The van der Waals surface area contributed by atoms with Crippen LogP contribution in [0.15, 0.2) is 59.0 Å². The van der Waals surface area contributed by atoms with E-state index in [4.69, 9.17) is 9.15 Å². The number of carbonyl (C=O) groups excluding carboxylic acids is 1. The first-order valence-corrected chi connectivity index (χ1v) is 9.04. The second kappa shape index (κ2) is 7.23. The first-order chi connectivity index (χ1) is 13.5. The molecule has 0 aliphatic carbocycles. The fraction of sp³-hybridized carbons (Fsp3) is 0.182. The van der Waals surface area contributed by atoms with E-state index >= 15 is 0 Å². The molecular weight excluding hydrogens is 354 g/mol. The minimum absolute atomic E-state index is 0.235. The number of aryl methyl sites for hydroxylation is 2. The Morgan fingerprint density at radius 3 is 2.68 bits per heavy atom. The highest BCUT2D eigenvalue weighted by Gasteiger charge is 2.17. The Balaban J connectivity index is 1.46. The van der Waals surface area contributed by atoms with Gasteiger partial charge in [0, 0.05) is 12.4 Å². The fourth-order valence-corrected chi connectivity index (χ4v) is 3.18. The second-order valence-corrected chi connectivity index (χ2v) is 6.66. The van der Waals surface area contributed by atoms with E-state index < -0.39 is 0 Å². The molecule has 0 saturated carbocycles. The average molecular weight is 375 g/mol. The molecule has 0 unspecified atom stereocenters. The van der Waals surface area contributed by atoms with Crippen LogP contribution < -0.4 is 10.1 Å². The molecular formula is C22H21N3O3. The largest absolute Gasteiger partial charge is 0.485 e. The van der Waals surface area contributed by atoms with Crippen molar-refractivity contribution in [2.75, 3.05) is 5.32 Å². The van der Waals surface area contributed by atoms with Crippen molar-refractivity contribution in [3.8, 4) is 5.75 Å². The van der Waals surface area contributed by atoms with E-state index in [9.17, 15) is 4.79 Å². The number of benzene rings is 2. The number of amides is 1. The molecule has 6 nitrogen and oxygen atoms in total. The standard InChI is InChI=1S/C22H21N3O3/c1-14-21(15(2)25(3)24-14)23-22(26)20-12-11-17(28-20)13-27-19-10-6-8-16-7-4-5-9-18(16)19/h4-12H,13H2,1-3H3,(H,23,26). The first kappa shape index (κ1) is 17.9. The van der Waals surface area contributed by atoms with Gasteiger partial charge < -0.3 is 14.5 Å². The normalized spacial score (nSPS) is 11.0. The van der Waals surface area contributed by atoms with Crippen LogP contribution in [0.2, 0.25) is 0 Å². The molecule has 2 aromatic heterocycles. The van der Waals surface area contributed by atoms with Crippen LogP contribution in [0.1, 0.15) is 27.7 Å². The summed E-state index contributed by atoms with van der Waals surface area (Å²) in [5.74, 6) is 1.29. The van der Waals surface area contributed by atoms with Gasteiger partial charge in [0.25, 0.3) is 5.91 Å². The molecule has 0 aliphatic rings. The van der Waals surface area contributed by atoms with Gasteiger partial charge in [0.1, 0.15) is 18.1 Å². The van der Waals surface area contributed by atoms with Gasteiger partial charge in [-0.15, -0.1) is 0 Å². The highest BCUT2D eigenvalue weighted by Crippen LogP contribution is 2.26. The van der Waals surface area contributed by atoms with Crippen molar-refractivity contribution in [2.24, 2.45) is 7.05 Å². The number of hydrogen-bond acceptors (Lipinski definition) is 4. The number of hydrogen-bond donors (Lipinski definition) is 1. The van der Waals surface area contributed by atoms with Crippen molar-refractivity contribution in [3.05, 3.63) is 77.5 Å². The van der Waals surface area contributed by atoms with Crippen LogP contribution in [0.4, 0.5) is 5.69 Å². The minimum Gasteiger partial charge on any atom is -0.485 e. The average Bonchev–Trinajstić information content (AvgIpc) is 3.27. The molecule has 0 aliphatic heterocycles. The monoisotopic (exact) mass is 375 g/mol. The molecule has 4 aromatic rings. The first-order valence-electron chi connectivity index (χ1n) is 9.04. The number of nitrogens with zero attached hydrogens (tertiary/aromatic N) is 2. The van der Waals surface area contributed by atoms with Gasteiger partial charge in [0.05, 0.1) is 17.1 Å².